The topological polar surface area (TPSA) is 86.5 Å². The van der Waals surface area contributed by atoms with Crippen molar-refractivity contribution in [2.45, 2.75) is 0 Å². The number of hydrogen-bond donors (Lipinski definition) is 1. The lowest BCUT2D eigenvalue weighted by Crippen LogP contribution is -2.09. The average molecular weight is 427 g/mol. The predicted octanol–water partition coefficient (Wildman–Crippen LogP) is 5.07. The van der Waals surface area contributed by atoms with Crippen LogP contribution in [-0.4, -0.2) is 30.3 Å². The van der Waals surface area contributed by atoms with E-state index in [1.54, 1.807) is 18.2 Å². The molecule has 7 heteroatoms. The highest BCUT2D eigenvalue weighted by Crippen LogP contribution is 2.38. The quantitative estimate of drug-likeness (QED) is 0.414. The molecule has 160 valence electrons. The normalized spacial score (nSPS) is 10.8. The lowest BCUT2D eigenvalue weighted by atomic mass is 10.1. The van der Waals surface area contributed by atoms with Crippen LogP contribution in [0.3, 0.4) is 0 Å². The summed E-state index contributed by atoms with van der Waals surface area (Å²) in [4.78, 5) is 17.1. The molecule has 4 aromatic rings. The summed E-state index contributed by atoms with van der Waals surface area (Å²) in [5, 5.41) is 6.94. The second-order valence-corrected chi connectivity index (χ2v) is 6.78. The van der Waals surface area contributed by atoms with Gasteiger partial charge in [0.15, 0.2) is 11.5 Å². The summed E-state index contributed by atoms with van der Waals surface area (Å²) in [6, 6.07) is 22.4. The third-order valence-corrected chi connectivity index (χ3v) is 4.70. The van der Waals surface area contributed by atoms with E-state index in [1.165, 1.54) is 20.3 Å². The Morgan fingerprint density at radius 2 is 1.59 bits per heavy atom. The fourth-order valence-corrected chi connectivity index (χ4v) is 3.11. The van der Waals surface area contributed by atoms with Crippen LogP contribution in [0.4, 0.5) is 5.69 Å². The van der Waals surface area contributed by atoms with Crippen molar-refractivity contribution >= 4 is 17.7 Å². The van der Waals surface area contributed by atoms with Gasteiger partial charge in [-0.2, -0.15) is 4.98 Å². The molecule has 32 heavy (non-hydrogen) atoms. The van der Waals surface area contributed by atoms with Gasteiger partial charge in [0.25, 0.3) is 5.89 Å². The molecule has 0 aliphatic rings. The van der Waals surface area contributed by atoms with Gasteiger partial charge in [0.1, 0.15) is 0 Å². The van der Waals surface area contributed by atoms with E-state index in [0.717, 1.165) is 11.1 Å². The largest absolute Gasteiger partial charge is 0.493 e. The van der Waals surface area contributed by atoms with E-state index in [9.17, 15) is 4.79 Å². The number of nitrogens with one attached hydrogen (secondary N) is 1. The standard InChI is InChI=1S/C25H21N3O4/c1-30-21-15-19(25-27-24(28-32-25)18-11-7-4-8-12-18)20(16-22(21)31-2)26-23(29)14-13-17-9-5-3-6-10-17/h3-16H,1-2H3,(H,26,29). The zero-order valence-corrected chi connectivity index (χ0v) is 17.6. The predicted molar refractivity (Wildman–Crippen MR) is 122 cm³/mol. The van der Waals surface area contributed by atoms with Crippen molar-refractivity contribution in [3.63, 3.8) is 0 Å². The summed E-state index contributed by atoms with van der Waals surface area (Å²) in [5.74, 6) is 1.30. The second-order valence-electron chi connectivity index (χ2n) is 6.78. The lowest BCUT2D eigenvalue weighted by molar-refractivity contribution is -0.111. The Hall–Kier alpha value is -4.39. The van der Waals surface area contributed by atoms with Crippen molar-refractivity contribution in [3.8, 4) is 34.3 Å². The van der Waals surface area contributed by atoms with E-state index >= 15 is 0 Å². The molecule has 0 saturated carbocycles. The maximum Gasteiger partial charge on any atom is 0.260 e. The fourth-order valence-electron chi connectivity index (χ4n) is 3.11. The van der Waals surface area contributed by atoms with Gasteiger partial charge in [-0.05, 0) is 17.7 Å². The maximum atomic E-state index is 12.6. The molecule has 1 aromatic heterocycles. The van der Waals surface area contributed by atoms with Crippen LogP contribution in [0.5, 0.6) is 11.5 Å². The van der Waals surface area contributed by atoms with Gasteiger partial charge in [-0.15, -0.1) is 0 Å². The molecular weight excluding hydrogens is 406 g/mol. The van der Waals surface area contributed by atoms with Gasteiger partial charge in [0.2, 0.25) is 11.7 Å². The van der Waals surface area contributed by atoms with E-state index < -0.39 is 0 Å². The zero-order valence-electron chi connectivity index (χ0n) is 17.6. The summed E-state index contributed by atoms with van der Waals surface area (Å²) in [6.07, 6.45) is 3.19. The summed E-state index contributed by atoms with van der Waals surface area (Å²) < 4.78 is 16.3. The van der Waals surface area contributed by atoms with Crippen LogP contribution in [0.25, 0.3) is 28.9 Å². The number of carbonyl (C=O) groups excluding carboxylic acids is 1. The Kier molecular flexibility index (Phi) is 6.27. The number of hydrogen-bond acceptors (Lipinski definition) is 6. The average Bonchev–Trinajstić information content (AvgIpc) is 3.34. The first-order valence-corrected chi connectivity index (χ1v) is 9.87. The van der Waals surface area contributed by atoms with E-state index in [0.29, 0.717) is 28.6 Å². The Balaban J connectivity index is 1.68. The number of benzene rings is 3. The van der Waals surface area contributed by atoms with E-state index in [-0.39, 0.29) is 11.8 Å². The van der Waals surface area contributed by atoms with E-state index in [1.807, 2.05) is 60.7 Å². The first-order valence-electron chi connectivity index (χ1n) is 9.87. The molecular formula is C25H21N3O4. The summed E-state index contributed by atoms with van der Waals surface area (Å²) >= 11 is 0. The number of methoxy groups -OCH3 is 2. The van der Waals surface area contributed by atoms with Gasteiger partial charge < -0.3 is 19.3 Å². The summed E-state index contributed by atoms with van der Waals surface area (Å²) in [5.41, 5.74) is 2.70. The molecule has 0 spiro atoms. The molecule has 4 rings (SSSR count). The molecule has 0 radical (unpaired) electrons. The van der Waals surface area contributed by atoms with Crippen molar-refractivity contribution in [3.05, 3.63) is 84.4 Å². The van der Waals surface area contributed by atoms with Crippen LogP contribution in [0, 0.1) is 0 Å². The molecule has 0 unspecified atom stereocenters. The Morgan fingerprint density at radius 1 is 0.938 bits per heavy atom. The molecule has 1 heterocycles. The zero-order chi connectivity index (χ0) is 22.3. The Morgan fingerprint density at radius 3 is 2.28 bits per heavy atom. The lowest BCUT2D eigenvalue weighted by Gasteiger charge is -2.13. The number of nitrogens with zero attached hydrogens (tertiary/aromatic N) is 2. The van der Waals surface area contributed by atoms with Crippen LogP contribution in [0.15, 0.2) is 83.4 Å². The third kappa shape index (κ3) is 4.67. The molecule has 0 saturated heterocycles. The molecule has 0 atom stereocenters. The SMILES string of the molecule is COc1cc(NC(=O)C=Cc2ccccc2)c(-c2nc(-c3ccccc3)no2)cc1OC. The first kappa shape index (κ1) is 20.9. The van der Waals surface area contributed by atoms with E-state index in [2.05, 4.69) is 15.5 Å². The molecule has 0 bridgehead atoms. The molecule has 3 aromatic carbocycles. The Labute approximate surface area is 185 Å². The molecule has 7 nitrogen and oxygen atoms in total. The second kappa shape index (κ2) is 9.61. The number of ether oxygens (including phenoxy) is 2. The van der Waals surface area contributed by atoms with Crippen LogP contribution < -0.4 is 14.8 Å². The summed E-state index contributed by atoms with van der Waals surface area (Å²) in [6.45, 7) is 0. The number of anilines is 1. The van der Waals surface area contributed by atoms with Gasteiger partial charge in [0.05, 0.1) is 25.5 Å². The monoisotopic (exact) mass is 427 g/mol. The summed E-state index contributed by atoms with van der Waals surface area (Å²) in [7, 11) is 3.06. The van der Waals surface area contributed by atoms with Crippen molar-refractivity contribution < 1.29 is 18.8 Å². The minimum Gasteiger partial charge on any atom is -0.493 e. The highest BCUT2D eigenvalue weighted by atomic mass is 16.5. The minimum atomic E-state index is -0.315. The Bertz CT molecular complexity index is 1230. The number of carbonyl (C=O) groups is 1. The van der Waals surface area contributed by atoms with E-state index in [4.69, 9.17) is 14.0 Å². The van der Waals surface area contributed by atoms with Crippen LogP contribution in [0.2, 0.25) is 0 Å². The van der Waals surface area contributed by atoms with Crippen LogP contribution in [0.1, 0.15) is 5.56 Å². The first-order chi connectivity index (χ1) is 15.7. The molecule has 1 N–H and O–H groups in total. The highest BCUT2D eigenvalue weighted by molar-refractivity contribution is 6.04. The fraction of sp³-hybridized carbons (Fsp3) is 0.0800. The van der Waals surface area contributed by atoms with Crippen molar-refractivity contribution in [2.24, 2.45) is 0 Å². The molecule has 0 fully saturated rings. The smallest absolute Gasteiger partial charge is 0.260 e. The third-order valence-electron chi connectivity index (χ3n) is 4.70. The molecule has 0 aliphatic heterocycles. The van der Waals surface area contributed by atoms with Crippen LogP contribution >= 0.6 is 0 Å². The van der Waals surface area contributed by atoms with Gasteiger partial charge in [0, 0.05) is 17.7 Å². The number of amides is 1. The van der Waals surface area contributed by atoms with Crippen molar-refractivity contribution in [1.82, 2.24) is 10.1 Å². The van der Waals surface area contributed by atoms with Gasteiger partial charge >= 0.3 is 0 Å². The molecule has 1 amide bonds. The van der Waals surface area contributed by atoms with Gasteiger partial charge in [-0.25, -0.2) is 0 Å². The maximum absolute atomic E-state index is 12.6. The number of aromatic nitrogens is 2. The minimum absolute atomic E-state index is 0.243. The van der Waals surface area contributed by atoms with Gasteiger partial charge in [-0.3, -0.25) is 4.79 Å². The van der Waals surface area contributed by atoms with Crippen molar-refractivity contribution in [2.75, 3.05) is 19.5 Å². The number of rotatable bonds is 7. The van der Waals surface area contributed by atoms with Crippen molar-refractivity contribution in [1.29, 1.82) is 0 Å². The van der Waals surface area contributed by atoms with Crippen LogP contribution in [-0.2, 0) is 4.79 Å². The van der Waals surface area contributed by atoms with Gasteiger partial charge in [-0.1, -0.05) is 65.8 Å². The highest BCUT2D eigenvalue weighted by Gasteiger charge is 2.19. The molecule has 0 aliphatic carbocycles.